The molecule has 144 valence electrons. The fraction of sp³-hybridized carbons (Fsp3) is 0.500. The van der Waals surface area contributed by atoms with Crippen LogP contribution in [0.3, 0.4) is 0 Å². The molecule has 2 aliphatic rings. The third-order valence-corrected chi connectivity index (χ3v) is 5.73. The van der Waals surface area contributed by atoms with Crippen LogP contribution in [0.5, 0.6) is 0 Å². The lowest BCUT2D eigenvalue weighted by molar-refractivity contribution is 0.0342. The van der Waals surface area contributed by atoms with Crippen LogP contribution in [0.2, 0.25) is 0 Å². The number of morpholine rings is 1. The van der Waals surface area contributed by atoms with Gasteiger partial charge in [-0.25, -0.2) is 0 Å². The standard InChI is InChI=1S/C22H28N2O3/c25-22(21-7-12-27-17-21)24-8-5-19(6-9-24)15-18-1-3-20(4-2-18)16-23-10-13-26-14-11-23/h1-4,7,12,17,19H,5-6,8-11,13-16H2. The summed E-state index contributed by atoms with van der Waals surface area (Å²) < 4.78 is 10.4. The average molecular weight is 368 g/mol. The molecule has 5 nitrogen and oxygen atoms in total. The maximum atomic E-state index is 12.4. The quantitative estimate of drug-likeness (QED) is 0.813. The van der Waals surface area contributed by atoms with E-state index in [1.807, 2.05) is 4.90 Å². The summed E-state index contributed by atoms with van der Waals surface area (Å²) in [4.78, 5) is 16.8. The number of hydrogen-bond donors (Lipinski definition) is 0. The predicted molar refractivity (Wildman–Crippen MR) is 104 cm³/mol. The monoisotopic (exact) mass is 368 g/mol. The number of rotatable bonds is 5. The Morgan fingerprint density at radius 2 is 1.67 bits per heavy atom. The summed E-state index contributed by atoms with van der Waals surface area (Å²) in [6.07, 6.45) is 6.33. The van der Waals surface area contributed by atoms with Gasteiger partial charge in [-0.2, -0.15) is 0 Å². The van der Waals surface area contributed by atoms with Crippen molar-refractivity contribution in [2.24, 2.45) is 5.92 Å². The van der Waals surface area contributed by atoms with Gasteiger partial charge in [0.15, 0.2) is 0 Å². The maximum Gasteiger partial charge on any atom is 0.257 e. The Kier molecular flexibility index (Phi) is 5.90. The topological polar surface area (TPSA) is 45.9 Å². The first-order valence-electron chi connectivity index (χ1n) is 9.97. The number of furan rings is 1. The summed E-state index contributed by atoms with van der Waals surface area (Å²) in [5.74, 6) is 0.748. The van der Waals surface area contributed by atoms with Crippen LogP contribution in [-0.2, 0) is 17.7 Å². The fourth-order valence-electron chi connectivity index (χ4n) is 4.04. The van der Waals surface area contributed by atoms with Gasteiger partial charge in [-0.15, -0.1) is 0 Å². The van der Waals surface area contributed by atoms with E-state index in [1.54, 1.807) is 12.3 Å². The molecule has 3 heterocycles. The van der Waals surface area contributed by atoms with E-state index in [0.29, 0.717) is 11.5 Å². The third-order valence-electron chi connectivity index (χ3n) is 5.73. The van der Waals surface area contributed by atoms with Crippen LogP contribution < -0.4 is 0 Å². The lowest BCUT2D eigenvalue weighted by Crippen LogP contribution is -2.38. The first kappa shape index (κ1) is 18.3. The summed E-state index contributed by atoms with van der Waals surface area (Å²) >= 11 is 0. The van der Waals surface area contributed by atoms with Gasteiger partial charge < -0.3 is 14.1 Å². The zero-order valence-electron chi connectivity index (χ0n) is 15.8. The van der Waals surface area contributed by atoms with Crippen LogP contribution in [0.25, 0.3) is 0 Å². The second-order valence-corrected chi connectivity index (χ2v) is 7.66. The van der Waals surface area contributed by atoms with Crippen LogP contribution in [-0.4, -0.2) is 55.1 Å². The number of ether oxygens (including phenoxy) is 1. The van der Waals surface area contributed by atoms with Gasteiger partial charge in [0.1, 0.15) is 6.26 Å². The second-order valence-electron chi connectivity index (χ2n) is 7.66. The molecule has 0 atom stereocenters. The van der Waals surface area contributed by atoms with Gasteiger partial charge in [-0.3, -0.25) is 9.69 Å². The van der Waals surface area contributed by atoms with Crippen molar-refractivity contribution in [2.75, 3.05) is 39.4 Å². The van der Waals surface area contributed by atoms with Gasteiger partial charge in [-0.1, -0.05) is 24.3 Å². The van der Waals surface area contributed by atoms with Crippen molar-refractivity contribution in [1.29, 1.82) is 0 Å². The first-order chi connectivity index (χ1) is 13.3. The Balaban J connectivity index is 1.24. The molecule has 2 saturated heterocycles. The molecular weight excluding hydrogens is 340 g/mol. The van der Waals surface area contributed by atoms with Crippen LogP contribution in [0.1, 0.15) is 34.3 Å². The molecule has 0 unspecified atom stereocenters. The van der Waals surface area contributed by atoms with Crippen LogP contribution in [0.15, 0.2) is 47.3 Å². The Morgan fingerprint density at radius 3 is 2.33 bits per heavy atom. The van der Waals surface area contributed by atoms with Crippen molar-refractivity contribution in [3.63, 3.8) is 0 Å². The molecule has 2 fully saturated rings. The lowest BCUT2D eigenvalue weighted by atomic mass is 9.89. The van der Waals surface area contributed by atoms with Gasteiger partial charge in [0.05, 0.1) is 25.0 Å². The van der Waals surface area contributed by atoms with E-state index >= 15 is 0 Å². The van der Waals surface area contributed by atoms with Crippen molar-refractivity contribution in [3.8, 4) is 0 Å². The molecule has 1 aromatic carbocycles. The molecule has 5 heteroatoms. The van der Waals surface area contributed by atoms with Crippen molar-refractivity contribution < 1.29 is 13.9 Å². The molecule has 1 aromatic heterocycles. The highest BCUT2D eigenvalue weighted by molar-refractivity contribution is 5.93. The predicted octanol–water partition coefficient (Wildman–Crippen LogP) is 3.21. The maximum absolute atomic E-state index is 12.4. The van der Waals surface area contributed by atoms with E-state index in [0.717, 1.165) is 65.2 Å². The van der Waals surface area contributed by atoms with Gasteiger partial charge >= 0.3 is 0 Å². The molecule has 0 radical (unpaired) electrons. The van der Waals surface area contributed by atoms with Crippen LogP contribution >= 0.6 is 0 Å². The molecule has 27 heavy (non-hydrogen) atoms. The fourth-order valence-corrected chi connectivity index (χ4v) is 4.04. The largest absolute Gasteiger partial charge is 0.472 e. The molecule has 0 aliphatic carbocycles. The van der Waals surface area contributed by atoms with Gasteiger partial charge in [0.25, 0.3) is 5.91 Å². The lowest BCUT2D eigenvalue weighted by Gasteiger charge is -2.32. The smallest absolute Gasteiger partial charge is 0.257 e. The van der Waals surface area contributed by atoms with Crippen molar-refractivity contribution in [3.05, 3.63) is 59.5 Å². The molecular formula is C22H28N2O3. The zero-order chi connectivity index (χ0) is 18.5. The number of carbonyl (C=O) groups is 1. The third kappa shape index (κ3) is 4.79. The van der Waals surface area contributed by atoms with E-state index in [1.165, 1.54) is 17.4 Å². The van der Waals surface area contributed by atoms with Crippen molar-refractivity contribution in [1.82, 2.24) is 9.80 Å². The van der Waals surface area contributed by atoms with Gasteiger partial charge in [0, 0.05) is 32.7 Å². The molecule has 2 aromatic rings. The highest BCUT2D eigenvalue weighted by Crippen LogP contribution is 2.23. The summed E-state index contributed by atoms with van der Waals surface area (Å²) in [6.45, 7) is 6.43. The Bertz CT molecular complexity index is 713. The normalized spacial score (nSPS) is 19.3. The van der Waals surface area contributed by atoms with E-state index < -0.39 is 0 Å². The Hall–Kier alpha value is -2.11. The SMILES string of the molecule is O=C(c1ccoc1)N1CCC(Cc2ccc(CN3CCOCC3)cc2)CC1. The van der Waals surface area contributed by atoms with E-state index in [2.05, 4.69) is 29.2 Å². The minimum absolute atomic E-state index is 0.0923. The number of carbonyl (C=O) groups excluding carboxylic acids is 1. The van der Waals surface area contributed by atoms with E-state index in [4.69, 9.17) is 9.15 Å². The number of likely N-dealkylation sites (tertiary alicyclic amines) is 1. The second kappa shape index (κ2) is 8.72. The number of piperidine rings is 1. The van der Waals surface area contributed by atoms with E-state index in [-0.39, 0.29) is 5.91 Å². The summed E-state index contributed by atoms with van der Waals surface area (Å²) in [5, 5.41) is 0. The number of amides is 1. The van der Waals surface area contributed by atoms with Crippen molar-refractivity contribution >= 4 is 5.91 Å². The molecule has 1 amide bonds. The number of nitrogens with zero attached hydrogens (tertiary/aromatic N) is 2. The average Bonchev–Trinajstić information content (AvgIpc) is 3.25. The molecule has 0 saturated carbocycles. The summed E-state index contributed by atoms with van der Waals surface area (Å²) in [5.41, 5.74) is 3.44. The van der Waals surface area contributed by atoms with Gasteiger partial charge in [0.2, 0.25) is 0 Å². The summed E-state index contributed by atoms with van der Waals surface area (Å²) in [7, 11) is 0. The highest BCUT2D eigenvalue weighted by Gasteiger charge is 2.24. The Morgan fingerprint density at radius 1 is 0.963 bits per heavy atom. The minimum atomic E-state index is 0.0923. The number of benzene rings is 1. The van der Waals surface area contributed by atoms with E-state index in [9.17, 15) is 4.79 Å². The first-order valence-corrected chi connectivity index (χ1v) is 9.97. The highest BCUT2D eigenvalue weighted by atomic mass is 16.5. The van der Waals surface area contributed by atoms with Crippen LogP contribution in [0, 0.1) is 5.92 Å². The minimum Gasteiger partial charge on any atom is -0.472 e. The molecule has 0 N–H and O–H groups in total. The Labute approximate surface area is 160 Å². The molecule has 2 aliphatic heterocycles. The van der Waals surface area contributed by atoms with Crippen molar-refractivity contribution in [2.45, 2.75) is 25.8 Å². The zero-order valence-corrected chi connectivity index (χ0v) is 15.8. The molecule has 0 spiro atoms. The molecule has 0 bridgehead atoms. The molecule has 4 rings (SSSR count). The summed E-state index contributed by atoms with van der Waals surface area (Å²) in [6, 6.07) is 10.8. The van der Waals surface area contributed by atoms with Crippen LogP contribution in [0.4, 0.5) is 0 Å². The van der Waals surface area contributed by atoms with Gasteiger partial charge in [-0.05, 0) is 42.4 Å². The number of hydrogen-bond acceptors (Lipinski definition) is 4.